The van der Waals surface area contributed by atoms with Gasteiger partial charge in [0.1, 0.15) is 29.2 Å². The van der Waals surface area contributed by atoms with Crippen molar-refractivity contribution in [1.82, 2.24) is 19.7 Å². The average molecular weight is 493 g/mol. The minimum absolute atomic E-state index is 0.0475. The zero-order valence-corrected chi connectivity index (χ0v) is 20.4. The fourth-order valence-corrected chi connectivity index (χ4v) is 4.61. The van der Waals surface area contributed by atoms with Crippen LogP contribution in [0.25, 0.3) is 5.69 Å². The molecule has 1 amide bonds. The van der Waals surface area contributed by atoms with Gasteiger partial charge in [-0.05, 0) is 42.0 Å². The number of rotatable bonds is 9. The Hall–Kier alpha value is -3.85. The Kier molecular flexibility index (Phi) is 7.67. The van der Waals surface area contributed by atoms with Gasteiger partial charge in [0.15, 0.2) is 11.0 Å². The van der Waals surface area contributed by atoms with Gasteiger partial charge >= 0.3 is 0 Å². The second-order valence-electron chi connectivity index (χ2n) is 7.79. The van der Waals surface area contributed by atoms with E-state index in [1.165, 1.54) is 22.7 Å². The maximum atomic E-state index is 14.9. The number of carbonyl (C=O) groups excluding carboxylic acids is 1. The summed E-state index contributed by atoms with van der Waals surface area (Å²) in [7, 11) is 5.00. The molecule has 0 radical (unpaired) electrons. The van der Waals surface area contributed by atoms with Gasteiger partial charge in [-0.15, -0.1) is 10.2 Å². The first kappa shape index (κ1) is 24.3. The van der Waals surface area contributed by atoms with Gasteiger partial charge in [0.2, 0.25) is 5.91 Å². The van der Waals surface area contributed by atoms with Crippen molar-refractivity contribution in [2.24, 2.45) is 0 Å². The van der Waals surface area contributed by atoms with Crippen molar-refractivity contribution in [2.75, 3.05) is 21.2 Å². The number of thioether (sulfide) groups is 1. The molecule has 9 heteroatoms. The maximum Gasteiger partial charge on any atom is 0.240 e. The first-order chi connectivity index (χ1) is 17.0. The number of likely N-dealkylation sites (N-methyl/N-ethyl adjacent to an activating group) is 1. The number of nitrogens with zero attached hydrogens (tertiary/aromatic N) is 4. The lowest BCUT2D eigenvalue weighted by Gasteiger charge is -2.20. The largest absolute Gasteiger partial charge is 0.497 e. The quantitative estimate of drug-likeness (QED) is 0.309. The van der Waals surface area contributed by atoms with E-state index in [4.69, 9.17) is 9.47 Å². The number of aromatic nitrogens is 3. The van der Waals surface area contributed by atoms with Crippen LogP contribution in [-0.2, 0) is 11.4 Å². The number of amides is 1. The number of carbonyl (C=O) groups is 1. The lowest BCUT2D eigenvalue weighted by Crippen LogP contribution is -2.27. The molecule has 4 rings (SSSR count). The summed E-state index contributed by atoms with van der Waals surface area (Å²) in [6, 6.07) is 22.9. The number of methoxy groups -OCH3 is 1. The maximum absolute atomic E-state index is 14.9. The molecule has 0 aliphatic carbocycles. The minimum atomic E-state index is -0.587. The Bertz CT molecular complexity index is 1280. The van der Waals surface area contributed by atoms with Gasteiger partial charge in [-0.3, -0.25) is 9.36 Å². The number of benzene rings is 3. The molecule has 0 fully saturated rings. The second-order valence-corrected chi connectivity index (χ2v) is 8.86. The van der Waals surface area contributed by atoms with Crippen molar-refractivity contribution < 1.29 is 18.7 Å². The van der Waals surface area contributed by atoms with Crippen LogP contribution in [0.2, 0.25) is 0 Å². The molecular weight excluding hydrogens is 467 g/mol. The molecule has 35 heavy (non-hydrogen) atoms. The van der Waals surface area contributed by atoms with Crippen molar-refractivity contribution >= 4 is 17.7 Å². The smallest absolute Gasteiger partial charge is 0.240 e. The van der Waals surface area contributed by atoms with Gasteiger partial charge < -0.3 is 14.4 Å². The van der Waals surface area contributed by atoms with Gasteiger partial charge in [-0.1, -0.05) is 54.2 Å². The topological polar surface area (TPSA) is 69.5 Å². The van der Waals surface area contributed by atoms with Crippen LogP contribution < -0.4 is 9.47 Å². The zero-order chi connectivity index (χ0) is 24.8. The highest BCUT2D eigenvalue weighted by Gasteiger charge is 2.28. The van der Waals surface area contributed by atoms with Gasteiger partial charge in [0, 0.05) is 14.1 Å². The summed E-state index contributed by atoms with van der Waals surface area (Å²) in [4.78, 5) is 14.6. The highest BCUT2D eigenvalue weighted by Crippen LogP contribution is 2.37. The molecule has 0 aliphatic rings. The van der Waals surface area contributed by atoms with Crippen molar-refractivity contribution in [1.29, 1.82) is 0 Å². The Morgan fingerprint density at radius 2 is 1.63 bits per heavy atom. The van der Waals surface area contributed by atoms with E-state index in [0.717, 1.165) is 5.56 Å². The van der Waals surface area contributed by atoms with Crippen molar-refractivity contribution in [3.05, 3.63) is 96.1 Å². The van der Waals surface area contributed by atoms with E-state index in [0.29, 0.717) is 22.5 Å². The number of halogens is 1. The Morgan fingerprint density at radius 1 is 0.971 bits per heavy atom. The fourth-order valence-electron chi connectivity index (χ4n) is 3.39. The third kappa shape index (κ3) is 5.63. The molecule has 0 spiro atoms. The molecular formula is C26H25FN4O3S. The molecule has 0 aliphatic heterocycles. The number of hydrogen-bond acceptors (Lipinski definition) is 6. The molecule has 180 valence electrons. The van der Waals surface area contributed by atoms with E-state index in [-0.39, 0.29) is 18.2 Å². The van der Waals surface area contributed by atoms with Crippen LogP contribution in [0.15, 0.2) is 84.0 Å². The highest BCUT2D eigenvalue weighted by molar-refractivity contribution is 8.00. The van der Waals surface area contributed by atoms with Crippen LogP contribution in [0.5, 0.6) is 11.5 Å². The molecule has 0 saturated carbocycles. The molecule has 0 saturated heterocycles. The predicted octanol–water partition coefficient (Wildman–Crippen LogP) is 4.92. The minimum Gasteiger partial charge on any atom is -0.497 e. The molecule has 0 bridgehead atoms. The zero-order valence-electron chi connectivity index (χ0n) is 19.6. The van der Waals surface area contributed by atoms with Gasteiger partial charge in [0.05, 0.1) is 12.8 Å². The molecule has 1 atom stereocenters. The molecule has 7 nitrogen and oxygen atoms in total. The van der Waals surface area contributed by atoms with E-state index < -0.39 is 11.1 Å². The van der Waals surface area contributed by atoms with Gasteiger partial charge in [-0.2, -0.15) is 0 Å². The molecule has 1 heterocycles. The molecule has 0 N–H and O–H groups in total. The van der Waals surface area contributed by atoms with Crippen molar-refractivity contribution in [3.63, 3.8) is 0 Å². The van der Waals surface area contributed by atoms with Crippen LogP contribution in [0.3, 0.4) is 0 Å². The first-order valence-electron chi connectivity index (χ1n) is 10.9. The number of hydrogen-bond donors (Lipinski definition) is 0. The van der Waals surface area contributed by atoms with Crippen LogP contribution in [-0.4, -0.2) is 46.8 Å². The third-order valence-corrected chi connectivity index (χ3v) is 6.40. The first-order valence-corrected chi connectivity index (χ1v) is 11.7. The highest BCUT2D eigenvalue weighted by atomic mass is 32.2. The number of para-hydroxylation sites is 1. The SMILES string of the molecule is COc1ccc(OCc2nnc(SC(C(=O)N(C)C)c3ccccc3)n2-c2ccccc2F)cc1. The predicted molar refractivity (Wildman–Crippen MR) is 132 cm³/mol. The molecule has 4 aromatic rings. The average Bonchev–Trinajstić information content (AvgIpc) is 3.28. The van der Waals surface area contributed by atoms with Crippen LogP contribution in [0, 0.1) is 5.82 Å². The third-order valence-electron chi connectivity index (χ3n) is 5.21. The Morgan fingerprint density at radius 3 is 2.29 bits per heavy atom. The van der Waals surface area contributed by atoms with Crippen LogP contribution in [0.4, 0.5) is 4.39 Å². The Labute approximate surface area is 207 Å². The summed E-state index contributed by atoms with van der Waals surface area (Å²) in [6.07, 6.45) is 0. The standard InChI is InChI=1S/C26H25FN4O3S/c1-30(2)25(32)24(18-9-5-4-6-10-18)35-26-29-28-23(31(26)22-12-8-7-11-21(22)27)17-34-20-15-13-19(33-3)14-16-20/h4-16,24H,17H2,1-3H3. The molecule has 3 aromatic carbocycles. The van der Waals surface area contributed by atoms with Crippen LogP contribution >= 0.6 is 11.8 Å². The number of ether oxygens (including phenoxy) is 2. The Balaban J connectivity index is 1.70. The van der Waals surface area contributed by atoms with Crippen molar-refractivity contribution in [3.8, 4) is 17.2 Å². The summed E-state index contributed by atoms with van der Waals surface area (Å²) in [5, 5.41) is 8.40. The summed E-state index contributed by atoms with van der Waals surface area (Å²) in [5.74, 6) is 1.17. The van der Waals surface area contributed by atoms with E-state index >= 15 is 0 Å². The lowest BCUT2D eigenvalue weighted by molar-refractivity contribution is -0.128. The van der Waals surface area contributed by atoms with E-state index in [9.17, 15) is 9.18 Å². The monoisotopic (exact) mass is 492 g/mol. The molecule has 1 aromatic heterocycles. The summed E-state index contributed by atoms with van der Waals surface area (Å²) in [5.41, 5.74) is 1.09. The van der Waals surface area contributed by atoms with Crippen LogP contribution in [0.1, 0.15) is 16.6 Å². The summed E-state index contributed by atoms with van der Waals surface area (Å²) < 4.78 is 27.6. The van der Waals surface area contributed by atoms with Gasteiger partial charge in [0.25, 0.3) is 0 Å². The summed E-state index contributed by atoms with van der Waals surface area (Å²) in [6.45, 7) is 0.0475. The normalized spacial score (nSPS) is 11.7. The van der Waals surface area contributed by atoms with E-state index in [1.807, 2.05) is 30.3 Å². The van der Waals surface area contributed by atoms with E-state index in [1.54, 1.807) is 68.2 Å². The summed E-state index contributed by atoms with van der Waals surface area (Å²) >= 11 is 1.22. The van der Waals surface area contributed by atoms with Crippen molar-refractivity contribution in [2.45, 2.75) is 17.0 Å². The molecule has 1 unspecified atom stereocenters. The van der Waals surface area contributed by atoms with E-state index in [2.05, 4.69) is 10.2 Å². The lowest BCUT2D eigenvalue weighted by atomic mass is 10.1. The van der Waals surface area contributed by atoms with Gasteiger partial charge in [-0.25, -0.2) is 4.39 Å². The second kappa shape index (κ2) is 11.1. The fraction of sp³-hybridized carbons (Fsp3) is 0.192.